The zero-order valence-corrected chi connectivity index (χ0v) is 12.0. The van der Waals surface area contributed by atoms with Crippen LogP contribution in [0.5, 0.6) is 0 Å². The van der Waals surface area contributed by atoms with E-state index in [4.69, 9.17) is 17.3 Å². The summed E-state index contributed by atoms with van der Waals surface area (Å²) in [6, 6.07) is 16.7. The van der Waals surface area contributed by atoms with Crippen LogP contribution in [0.3, 0.4) is 0 Å². The van der Waals surface area contributed by atoms with Crippen LogP contribution in [0.25, 0.3) is 0 Å². The van der Waals surface area contributed by atoms with Gasteiger partial charge >= 0.3 is 0 Å². The highest BCUT2D eigenvalue weighted by molar-refractivity contribution is 6.30. The lowest BCUT2D eigenvalue weighted by molar-refractivity contribution is 0.533. The maximum atomic E-state index is 6.02. The van der Waals surface area contributed by atoms with Crippen molar-refractivity contribution >= 4 is 11.6 Å². The number of benzene rings is 2. The maximum absolute atomic E-state index is 6.02. The summed E-state index contributed by atoms with van der Waals surface area (Å²) >= 11 is 6.02. The first kappa shape index (κ1) is 14.1. The van der Waals surface area contributed by atoms with Crippen LogP contribution in [0.2, 0.25) is 5.02 Å². The summed E-state index contributed by atoms with van der Waals surface area (Å²) < 4.78 is 0. The lowest BCUT2D eigenvalue weighted by Gasteiger charge is -2.15. The van der Waals surface area contributed by atoms with E-state index in [1.54, 1.807) is 0 Å². The fraction of sp³-hybridized carbons (Fsp3) is 0.294. The second kappa shape index (κ2) is 6.74. The molecule has 1 nitrogen and oxygen atoms in total. The molecule has 0 fully saturated rings. The van der Waals surface area contributed by atoms with E-state index in [0.29, 0.717) is 12.5 Å². The van der Waals surface area contributed by atoms with Crippen molar-refractivity contribution in [1.82, 2.24) is 0 Å². The summed E-state index contributed by atoms with van der Waals surface area (Å²) in [7, 11) is 0. The van der Waals surface area contributed by atoms with E-state index in [9.17, 15) is 0 Å². The van der Waals surface area contributed by atoms with Gasteiger partial charge in [0.25, 0.3) is 0 Å². The fourth-order valence-corrected chi connectivity index (χ4v) is 2.62. The van der Waals surface area contributed by atoms with Crippen LogP contribution in [0.15, 0.2) is 48.5 Å². The molecule has 0 aliphatic rings. The Morgan fingerprint density at radius 1 is 1.00 bits per heavy atom. The van der Waals surface area contributed by atoms with Crippen molar-refractivity contribution in [2.75, 3.05) is 6.54 Å². The summed E-state index contributed by atoms with van der Waals surface area (Å²) in [5.74, 6) is 0.459. The lowest BCUT2D eigenvalue weighted by Crippen LogP contribution is -2.19. The van der Waals surface area contributed by atoms with Crippen molar-refractivity contribution in [2.45, 2.75) is 19.8 Å². The van der Waals surface area contributed by atoms with Crippen molar-refractivity contribution in [3.05, 3.63) is 70.2 Å². The molecule has 0 bridgehead atoms. The monoisotopic (exact) mass is 273 g/mol. The SMILES string of the molecule is Cc1cccc(CC(CN)Cc2cccc(Cl)c2)c1. The van der Waals surface area contributed by atoms with Crippen molar-refractivity contribution in [3.63, 3.8) is 0 Å². The predicted molar refractivity (Wildman–Crippen MR) is 82.6 cm³/mol. The third kappa shape index (κ3) is 4.38. The summed E-state index contributed by atoms with van der Waals surface area (Å²) in [5, 5.41) is 0.795. The molecule has 2 rings (SSSR count). The molecule has 0 radical (unpaired) electrons. The molecule has 0 heterocycles. The Morgan fingerprint density at radius 3 is 2.21 bits per heavy atom. The zero-order chi connectivity index (χ0) is 13.7. The van der Waals surface area contributed by atoms with Crippen molar-refractivity contribution in [2.24, 2.45) is 11.7 Å². The topological polar surface area (TPSA) is 26.0 Å². The number of rotatable bonds is 5. The molecule has 2 N–H and O–H groups in total. The fourth-order valence-electron chi connectivity index (χ4n) is 2.41. The highest BCUT2D eigenvalue weighted by Crippen LogP contribution is 2.17. The van der Waals surface area contributed by atoms with Crippen LogP contribution >= 0.6 is 11.6 Å². The first-order valence-electron chi connectivity index (χ1n) is 6.67. The van der Waals surface area contributed by atoms with Gasteiger partial charge in [0.05, 0.1) is 0 Å². The minimum absolute atomic E-state index is 0.459. The second-order valence-electron chi connectivity index (χ2n) is 5.13. The number of nitrogens with two attached hydrogens (primary N) is 1. The molecule has 0 aromatic heterocycles. The van der Waals surface area contributed by atoms with Gasteiger partial charge in [-0.3, -0.25) is 0 Å². The molecule has 19 heavy (non-hydrogen) atoms. The van der Waals surface area contributed by atoms with E-state index >= 15 is 0 Å². The van der Waals surface area contributed by atoms with E-state index in [-0.39, 0.29) is 0 Å². The molecular formula is C17H20ClN. The quantitative estimate of drug-likeness (QED) is 0.875. The Labute approximate surface area is 120 Å². The number of halogens is 1. The largest absolute Gasteiger partial charge is 0.330 e. The summed E-state index contributed by atoms with van der Waals surface area (Å²) in [4.78, 5) is 0. The highest BCUT2D eigenvalue weighted by Gasteiger charge is 2.09. The molecule has 0 aliphatic heterocycles. The van der Waals surface area contributed by atoms with Gasteiger partial charge in [0.1, 0.15) is 0 Å². The maximum Gasteiger partial charge on any atom is 0.0408 e. The Balaban J connectivity index is 2.04. The minimum Gasteiger partial charge on any atom is -0.330 e. The van der Waals surface area contributed by atoms with Crippen LogP contribution in [0.4, 0.5) is 0 Å². The number of aryl methyl sites for hydroxylation is 1. The van der Waals surface area contributed by atoms with Crippen LogP contribution in [0.1, 0.15) is 16.7 Å². The van der Waals surface area contributed by atoms with E-state index in [1.807, 2.05) is 18.2 Å². The number of hydrogen-bond donors (Lipinski definition) is 1. The zero-order valence-electron chi connectivity index (χ0n) is 11.3. The summed E-state index contributed by atoms with van der Waals surface area (Å²) in [5.41, 5.74) is 9.83. The van der Waals surface area contributed by atoms with Crippen molar-refractivity contribution in [3.8, 4) is 0 Å². The average Bonchev–Trinajstić information content (AvgIpc) is 2.38. The highest BCUT2D eigenvalue weighted by atomic mass is 35.5. The molecule has 1 unspecified atom stereocenters. The van der Waals surface area contributed by atoms with Crippen LogP contribution in [-0.2, 0) is 12.8 Å². The van der Waals surface area contributed by atoms with Gasteiger partial charge in [-0.05, 0) is 55.5 Å². The molecule has 0 saturated carbocycles. The molecule has 2 heteroatoms. The van der Waals surface area contributed by atoms with E-state index in [1.165, 1.54) is 16.7 Å². The van der Waals surface area contributed by atoms with Crippen molar-refractivity contribution in [1.29, 1.82) is 0 Å². The molecule has 0 saturated heterocycles. The third-order valence-corrected chi connectivity index (χ3v) is 3.59. The van der Waals surface area contributed by atoms with Crippen LogP contribution < -0.4 is 5.73 Å². The Kier molecular flexibility index (Phi) is 5.00. The van der Waals surface area contributed by atoms with Gasteiger partial charge in [-0.25, -0.2) is 0 Å². The van der Waals surface area contributed by atoms with Gasteiger partial charge in [-0.2, -0.15) is 0 Å². The minimum atomic E-state index is 0.459. The average molecular weight is 274 g/mol. The molecule has 0 spiro atoms. The lowest BCUT2D eigenvalue weighted by atomic mass is 9.92. The normalized spacial score (nSPS) is 12.4. The first-order valence-corrected chi connectivity index (χ1v) is 7.05. The van der Waals surface area contributed by atoms with E-state index in [0.717, 1.165) is 17.9 Å². The van der Waals surface area contributed by atoms with Gasteiger partial charge in [0.15, 0.2) is 0 Å². The third-order valence-electron chi connectivity index (χ3n) is 3.35. The first-order chi connectivity index (χ1) is 9.17. The standard InChI is InChI=1S/C17H20ClN/c1-13-4-2-5-14(8-13)9-16(12-19)10-15-6-3-7-17(18)11-15/h2-8,11,16H,9-10,12,19H2,1H3. The van der Waals surface area contributed by atoms with Crippen LogP contribution in [0, 0.1) is 12.8 Å². The van der Waals surface area contributed by atoms with Crippen LogP contribution in [-0.4, -0.2) is 6.54 Å². The summed E-state index contributed by atoms with van der Waals surface area (Å²) in [6.07, 6.45) is 2.00. The van der Waals surface area contributed by atoms with Gasteiger partial charge < -0.3 is 5.73 Å². The second-order valence-corrected chi connectivity index (χ2v) is 5.57. The van der Waals surface area contributed by atoms with Gasteiger partial charge in [0.2, 0.25) is 0 Å². The van der Waals surface area contributed by atoms with Gasteiger partial charge in [-0.15, -0.1) is 0 Å². The van der Waals surface area contributed by atoms with Gasteiger partial charge in [-0.1, -0.05) is 53.6 Å². The Morgan fingerprint density at radius 2 is 1.63 bits per heavy atom. The van der Waals surface area contributed by atoms with Gasteiger partial charge in [0, 0.05) is 5.02 Å². The Hall–Kier alpha value is -1.31. The molecular weight excluding hydrogens is 254 g/mol. The predicted octanol–water partition coefficient (Wildman–Crippen LogP) is 4.01. The molecule has 0 amide bonds. The van der Waals surface area contributed by atoms with E-state index < -0.39 is 0 Å². The number of hydrogen-bond acceptors (Lipinski definition) is 1. The summed E-state index contributed by atoms with van der Waals surface area (Å²) in [6.45, 7) is 2.82. The molecule has 2 aromatic carbocycles. The molecule has 1 atom stereocenters. The molecule has 2 aromatic rings. The van der Waals surface area contributed by atoms with Crippen molar-refractivity contribution < 1.29 is 0 Å². The van der Waals surface area contributed by atoms with E-state index in [2.05, 4.69) is 37.3 Å². The Bertz CT molecular complexity index is 489. The molecule has 0 aliphatic carbocycles. The molecule has 100 valence electrons. The smallest absolute Gasteiger partial charge is 0.0408 e.